The topological polar surface area (TPSA) is 41.1 Å². The van der Waals surface area contributed by atoms with Gasteiger partial charge in [-0.3, -0.25) is 0 Å². The zero-order valence-electron chi connectivity index (χ0n) is 9.47. The Morgan fingerprint density at radius 1 is 1.29 bits per heavy atom. The second-order valence-electron chi connectivity index (χ2n) is 4.01. The van der Waals surface area contributed by atoms with E-state index >= 15 is 0 Å². The summed E-state index contributed by atoms with van der Waals surface area (Å²) in [4.78, 5) is 11.6. The van der Waals surface area contributed by atoms with Crippen LogP contribution >= 0.6 is 23.2 Å². The second-order valence-corrected chi connectivity index (χ2v) is 4.88. The van der Waals surface area contributed by atoms with E-state index in [0.717, 1.165) is 0 Å². The van der Waals surface area contributed by atoms with Gasteiger partial charge in [0.2, 0.25) is 0 Å². The molecule has 0 aliphatic heterocycles. The van der Waals surface area contributed by atoms with Crippen molar-refractivity contribution < 1.29 is 4.79 Å². The average molecular weight is 271 g/mol. The summed E-state index contributed by atoms with van der Waals surface area (Å²) in [5, 5.41) is 6.12. The molecular formula is C12H12Cl2N2O. The summed E-state index contributed by atoms with van der Waals surface area (Å²) >= 11 is 11.6. The zero-order chi connectivity index (χ0) is 13.1. The number of benzene rings is 1. The zero-order valence-corrected chi connectivity index (χ0v) is 11.0. The lowest BCUT2D eigenvalue weighted by molar-refractivity contribution is 0.247. The summed E-state index contributed by atoms with van der Waals surface area (Å²) in [6.07, 6.45) is 5.26. The van der Waals surface area contributed by atoms with Gasteiger partial charge in [-0.05, 0) is 32.0 Å². The molecule has 2 N–H and O–H groups in total. The van der Waals surface area contributed by atoms with Gasteiger partial charge in [-0.1, -0.05) is 29.1 Å². The summed E-state index contributed by atoms with van der Waals surface area (Å²) in [5.74, 6) is 2.46. The minimum Gasteiger partial charge on any atom is -0.322 e. The molecule has 5 heteroatoms. The predicted molar refractivity (Wildman–Crippen MR) is 71.5 cm³/mol. The molecule has 0 spiro atoms. The van der Waals surface area contributed by atoms with E-state index in [1.807, 2.05) is 0 Å². The molecule has 1 aromatic rings. The molecule has 17 heavy (non-hydrogen) atoms. The monoisotopic (exact) mass is 270 g/mol. The van der Waals surface area contributed by atoms with Crippen molar-refractivity contribution >= 4 is 34.9 Å². The van der Waals surface area contributed by atoms with Crippen LogP contribution in [0.4, 0.5) is 10.5 Å². The first kappa shape index (κ1) is 13.7. The maximum atomic E-state index is 11.6. The number of urea groups is 1. The number of amides is 2. The first-order valence-corrected chi connectivity index (χ1v) is 5.61. The molecule has 1 aromatic carbocycles. The van der Waals surface area contributed by atoms with Crippen LogP contribution in [0.25, 0.3) is 0 Å². The number of nitrogens with one attached hydrogen (secondary N) is 2. The molecule has 0 aliphatic carbocycles. The van der Waals surface area contributed by atoms with Crippen molar-refractivity contribution in [2.75, 3.05) is 5.32 Å². The third-order valence-electron chi connectivity index (χ3n) is 1.91. The number of carbonyl (C=O) groups is 1. The molecule has 0 heterocycles. The van der Waals surface area contributed by atoms with Crippen molar-refractivity contribution in [1.82, 2.24) is 5.32 Å². The van der Waals surface area contributed by atoms with Gasteiger partial charge >= 0.3 is 6.03 Å². The second kappa shape index (κ2) is 5.31. The molecule has 0 fully saturated rings. The smallest absolute Gasteiger partial charge is 0.320 e. The van der Waals surface area contributed by atoms with Gasteiger partial charge in [0, 0.05) is 15.7 Å². The molecule has 0 saturated heterocycles. The van der Waals surface area contributed by atoms with Crippen molar-refractivity contribution in [3.05, 3.63) is 28.2 Å². The summed E-state index contributed by atoms with van der Waals surface area (Å²) in [7, 11) is 0. The normalized spacial score (nSPS) is 10.5. The fraction of sp³-hybridized carbons (Fsp3) is 0.250. The Hall–Kier alpha value is -1.37. The minimum absolute atomic E-state index is 0.411. The number of terminal acetylenes is 1. The van der Waals surface area contributed by atoms with Crippen LogP contribution in [0.3, 0.4) is 0 Å². The lowest BCUT2D eigenvalue weighted by atomic mass is 10.1. The van der Waals surface area contributed by atoms with E-state index in [1.54, 1.807) is 32.0 Å². The highest BCUT2D eigenvalue weighted by atomic mass is 35.5. The van der Waals surface area contributed by atoms with Crippen LogP contribution in [-0.4, -0.2) is 11.6 Å². The largest absolute Gasteiger partial charge is 0.322 e. The van der Waals surface area contributed by atoms with Gasteiger partial charge in [0.25, 0.3) is 0 Å². The molecule has 0 radical (unpaired) electrons. The maximum Gasteiger partial charge on any atom is 0.320 e. The molecule has 0 unspecified atom stereocenters. The molecule has 90 valence electrons. The summed E-state index contributed by atoms with van der Waals surface area (Å²) in [5.41, 5.74) is -0.209. The SMILES string of the molecule is C#CC(C)(C)NC(=O)Nc1cc(Cl)cc(Cl)c1. The number of rotatable bonds is 2. The standard InChI is InChI=1S/C12H12Cl2N2O/c1-4-12(2,3)16-11(17)15-10-6-8(13)5-9(14)7-10/h1,5-7H,2-3H3,(H2,15,16,17). The number of hydrogen-bond donors (Lipinski definition) is 2. The fourth-order valence-electron chi connectivity index (χ4n) is 1.11. The number of anilines is 1. The van der Waals surface area contributed by atoms with E-state index in [4.69, 9.17) is 29.6 Å². The highest BCUT2D eigenvalue weighted by Crippen LogP contribution is 2.22. The van der Waals surface area contributed by atoms with E-state index < -0.39 is 11.6 Å². The highest BCUT2D eigenvalue weighted by molar-refractivity contribution is 6.35. The predicted octanol–water partition coefficient (Wildman–Crippen LogP) is 3.53. The van der Waals surface area contributed by atoms with Crippen LogP contribution in [0.15, 0.2) is 18.2 Å². The molecule has 0 aromatic heterocycles. The van der Waals surface area contributed by atoms with Gasteiger partial charge in [-0.25, -0.2) is 4.79 Å². The van der Waals surface area contributed by atoms with Gasteiger partial charge in [-0.15, -0.1) is 6.42 Å². The van der Waals surface area contributed by atoms with Crippen molar-refractivity contribution in [3.8, 4) is 12.3 Å². The van der Waals surface area contributed by atoms with E-state index in [0.29, 0.717) is 15.7 Å². The molecule has 3 nitrogen and oxygen atoms in total. The first-order valence-electron chi connectivity index (χ1n) is 4.85. The number of hydrogen-bond acceptors (Lipinski definition) is 1. The van der Waals surface area contributed by atoms with Crippen LogP contribution in [0.2, 0.25) is 10.0 Å². The van der Waals surface area contributed by atoms with E-state index in [9.17, 15) is 4.79 Å². The summed E-state index contributed by atoms with van der Waals surface area (Å²) < 4.78 is 0. The van der Waals surface area contributed by atoms with Crippen molar-refractivity contribution in [2.24, 2.45) is 0 Å². The van der Waals surface area contributed by atoms with E-state index in [1.165, 1.54) is 0 Å². The highest BCUT2D eigenvalue weighted by Gasteiger charge is 2.16. The van der Waals surface area contributed by atoms with Gasteiger partial charge in [0.1, 0.15) is 0 Å². The summed E-state index contributed by atoms with van der Waals surface area (Å²) in [6, 6.07) is 4.36. The van der Waals surface area contributed by atoms with Crippen LogP contribution in [0.5, 0.6) is 0 Å². The molecular weight excluding hydrogens is 259 g/mol. The van der Waals surface area contributed by atoms with Crippen LogP contribution in [0, 0.1) is 12.3 Å². The lowest BCUT2D eigenvalue weighted by Gasteiger charge is -2.19. The van der Waals surface area contributed by atoms with Crippen molar-refractivity contribution in [1.29, 1.82) is 0 Å². The molecule has 0 bridgehead atoms. The van der Waals surface area contributed by atoms with Crippen molar-refractivity contribution in [3.63, 3.8) is 0 Å². The Bertz CT molecular complexity index is 458. The van der Waals surface area contributed by atoms with Gasteiger partial charge < -0.3 is 10.6 Å². The fourth-order valence-corrected chi connectivity index (χ4v) is 1.63. The Morgan fingerprint density at radius 2 is 1.82 bits per heavy atom. The Balaban J connectivity index is 2.72. The Kier molecular flexibility index (Phi) is 4.28. The van der Waals surface area contributed by atoms with Gasteiger partial charge in [0.05, 0.1) is 5.54 Å². The molecule has 0 atom stereocenters. The third kappa shape index (κ3) is 4.56. The number of carbonyl (C=O) groups excluding carboxylic acids is 1. The Labute approximate surface area is 110 Å². The van der Waals surface area contributed by atoms with Crippen LogP contribution in [0.1, 0.15) is 13.8 Å². The minimum atomic E-state index is -0.716. The Morgan fingerprint density at radius 3 is 2.29 bits per heavy atom. The average Bonchev–Trinajstić information content (AvgIpc) is 2.14. The quantitative estimate of drug-likeness (QED) is 0.794. The maximum absolute atomic E-state index is 11.6. The van der Waals surface area contributed by atoms with Crippen LogP contribution < -0.4 is 10.6 Å². The molecule has 0 saturated carbocycles. The third-order valence-corrected chi connectivity index (χ3v) is 2.34. The molecule has 2 amide bonds. The molecule has 0 aliphatic rings. The molecule has 1 rings (SSSR count). The van der Waals surface area contributed by atoms with Gasteiger partial charge in [-0.2, -0.15) is 0 Å². The van der Waals surface area contributed by atoms with Crippen LogP contribution in [-0.2, 0) is 0 Å². The van der Waals surface area contributed by atoms with E-state index in [-0.39, 0.29) is 0 Å². The van der Waals surface area contributed by atoms with E-state index in [2.05, 4.69) is 16.6 Å². The lowest BCUT2D eigenvalue weighted by Crippen LogP contribution is -2.44. The first-order chi connectivity index (χ1) is 7.82. The van der Waals surface area contributed by atoms with Crippen molar-refractivity contribution in [2.45, 2.75) is 19.4 Å². The van der Waals surface area contributed by atoms with Gasteiger partial charge in [0.15, 0.2) is 0 Å². The number of halogens is 2. The summed E-state index contributed by atoms with van der Waals surface area (Å²) in [6.45, 7) is 3.44.